The molecule has 0 radical (unpaired) electrons. The molecular formula is C19H23ClN4O. The Bertz CT molecular complexity index is 869. The highest BCUT2D eigenvalue weighted by Crippen LogP contribution is 2.25. The summed E-state index contributed by atoms with van der Waals surface area (Å²) < 4.78 is 7.72. The Kier molecular flexibility index (Phi) is 6.31. The fourth-order valence-corrected chi connectivity index (χ4v) is 2.98. The molecule has 0 fully saturated rings. The number of nitrogens with zero attached hydrogens (tertiary/aromatic N) is 2. The number of hydrogen-bond donors (Lipinski definition) is 2. The summed E-state index contributed by atoms with van der Waals surface area (Å²) >= 11 is 0. The first kappa shape index (κ1) is 18.7. The van der Waals surface area contributed by atoms with E-state index >= 15 is 0 Å². The van der Waals surface area contributed by atoms with Crippen LogP contribution in [0.15, 0.2) is 59.7 Å². The van der Waals surface area contributed by atoms with Crippen molar-refractivity contribution in [2.45, 2.75) is 13.0 Å². The molecule has 5 nitrogen and oxygen atoms in total. The Hall–Kier alpha value is -2.66. The van der Waals surface area contributed by atoms with Crippen LogP contribution in [0.4, 0.5) is 0 Å². The van der Waals surface area contributed by atoms with Crippen LogP contribution >= 0.6 is 12.4 Å². The van der Waals surface area contributed by atoms with Gasteiger partial charge in [0, 0.05) is 29.2 Å². The van der Waals surface area contributed by atoms with Crippen LogP contribution in [-0.2, 0) is 13.0 Å². The Morgan fingerprint density at radius 2 is 1.76 bits per heavy atom. The molecule has 0 atom stereocenters. The van der Waals surface area contributed by atoms with Crippen molar-refractivity contribution in [3.05, 3.63) is 65.9 Å². The van der Waals surface area contributed by atoms with Crippen molar-refractivity contribution in [3.63, 3.8) is 0 Å². The van der Waals surface area contributed by atoms with E-state index in [1.807, 2.05) is 18.2 Å². The van der Waals surface area contributed by atoms with Gasteiger partial charge >= 0.3 is 0 Å². The normalized spacial score (nSPS) is 10.3. The molecular weight excluding hydrogens is 336 g/mol. The van der Waals surface area contributed by atoms with Gasteiger partial charge in [-0.2, -0.15) is 0 Å². The number of guanidine groups is 1. The highest BCUT2D eigenvalue weighted by Gasteiger charge is 2.10. The molecule has 0 saturated carbocycles. The summed E-state index contributed by atoms with van der Waals surface area (Å²) in [6, 6.07) is 16.5. The quantitative estimate of drug-likeness (QED) is 0.525. The van der Waals surface area contributed by atoms with Crippen LogP contribution in [0.25, 0.3) is 10.9 Å². The van der Waals surface area contributed by atoms with E-state index in [4.69, 9.17) is 16.2 Å². The summed E-state index contributed by atoms with van der Waals surface area (Å²) in [6.45, 7) is 1.35. The molecule has 0 spiro atoms. The minimum Gasteiger partial charge on any atom is -0.496 e. The van der Waals surface area contributed by atoms with Crippen molar-refractivity contribution in [2.75, 3.05) is 13.7 Å². The van der Waals surface area contributed by atoms with Gasteiger partial charge in [0.1, 0.15) is 5.75 Å². The van der Waals surface area contributed by atoms with Crippen molar-refractivity contribution < 1.29 is 4.74 Å². The molecule has 132 valence electrons. The summed E-state index contributed by atoms with van der Waals surface area (Å²) in [4.78, 5) is 4.09. The van der Waals surface area contributed by atoms with Gasteiger partial charge in [-0.15, -0.1) is 12.4 Å². The van der Waals surface area contributed by atoms with Crippen LogP contribution in [0.1, 0.15) is 11.1 Å². The lowest BCUT2D eigenvalue weighted by Gasteiger charge is -2.10. The van der Waals surface area contributed by atoms with E-state index in [0.29, 0.717) is 6.54 Å². The monoisotopic (exact) mass is 358 g/mol. The maximum Gasteiger partial charge on any atom is 0.185 e. The Labute approximate surface area is 153 Å². The van der Waals surface area contributed by atoms with E-state index in [2.05, 4.69) is 46.1 Å². The number of para-hydroxylation sites is 2. The average Bonchev–Trinajstić information content (AvgIpc) is 2.93. The molecule has 0 aliphatic carbocycles. The molecule has 4 N–H and O–H groups in total. The predicted octanol–water partition coefficient (Wildman–Crippen LogP) is 2.94. The Balaban J connectivity index is 0.00000225. The molecule has 3 aromatic rings. The lowest BCUT2D eigenvalue weighted by atomic mass is 10.1. The lowest BCUT2D eigenvalue weighted by Crippen LogP contribution is -2.23. The van der Waals surface area contributed by atoms with Gasteiger partial charge in [-0.05, 0) is 24.1 Å². The predicted molar refractivity (Wildman–Crippen MR) is 106 cm³/mol. The molecule has 1 aromatic heterocycles. The van der Waals surface area contributed by atoms with Gasteiger partial charge < -0.3 is 20.8 Å². The maximum absolute atomic E-state index is 5.47. The van der Waals surface area contributed by atoms with Crippen LogP contribution in [0.5, 0.6) is 5.75 Å². The first-order valence-corrected chi connectivity index (χ1v) is 7.93. The fraction of sp³-hybridized carbons (Fsp3) is 0.211. The number of nitrogens with two attached hydrogens (primary N) is 2. The third-order valence-electron chi connectivity index (χ3n) is 4.08. The Morgan fingerprint density at radius 1 is 1.04 bits per heavy atom. The van der Waals surface area contributed by atoms with Gasteiger partial charge in [-0.1, -0.05) is 36.4 Å². The number of methoxy groups -OCH3 is 1. The smallest absolute Gasteiger partial charge is 0.185 e. The second kappa shape index (κ2) is 8.44. The second-order valence-electron chi connectivity index (χ2n) is 5.67. The number of rotatable bonds is 6. The number of ether oxygens (including phenoxy) is 1. The average molecular weight is 359 g/mol. The lowest BCUT2D eigenvalue weighted by molar-refractivity contribution is 0.408. The van der Waals surface area contributed by atoms with Crippen LogP contribution in [0.3, 0.4) is 0 Å². The molecule has 6 heteroatoms. The molecule has 0 aliphatic rings. The molecule has 0 amide bonds. The number of aromatic nitrogens is 1. The third-order valence-corrected chi connectivity index (χ3v) is 4.08. The molecule has 1 heterocycles. The minimum absolute atomic E-state index is 0. The van der Waals surface area contributed by atoms with Crippen molar-refractivity contribution in [2.24, 2.45) is 16.5 Å². The number of hydrogen-bond acceptors (Lipinski definition) is 2. The van der Waals surface area contributed by atoms with Gasteiger partial charge in [0.2, 0.25) is 0 Å². The second-order valence-corrected chi connectivity index (χ2v) is 5.67. The zero-order valence-corrected chi connectivity index (χ0v) is 15.0. The summed E-state index contributed by atoms with van der Waals surface area (Å²) in [5, 5.41) is 1.23. The van der Waals surface area contributed by atoms with E-state index in [1.165, 1.54) is 16.5 Å². The van der Waals surface area contributed by atoms with E-state index < -0.39 is 0 Å². The summed E-state index contributed by atoms with van der Waals surface area (Å²) in [7, 11) is 1.70. The first-order valence-electron chi connectivity index (χ1n) is 7.93. The van der Waals surface area contributed by atoms with Crippen LogP contribution < -0.4 is 16.2 Å². The van der Waals surface area contributed by atoms with Gasteiger partial charge in [0.05, 0.1) is 13.7 Å². The third kappa shape index (κ3) is 4.25. The topological polar surface area (TPSA) is 78.6 Å². The highest BCUT2D eigenvalue weighted by molar-refractivity contribution is 5.85. The van der Waals surface area contributed by atoms with Gasteiger partial charge in [0.15, 0.2) is 5.96 Å². The van der Waals surface area contributed by atoms with Crippen LogP contribution in [0.2, 0.25) is 0 Å². The highest BCUT2D eigenvalue weighted by atomic mass is 35.5. The molecule has 0 saturated heterocycles. The summed E-state index contributed by atoms with van der Waals surface area (Å²) in [6.07, 6.45) is 2.98. The van der Waals surface area contributed by atoms with Crippen molar-refractivity contribution in [3.8, 4) is 5.75 Å². The van der Waals surface area contributed by atoms with Crippen molar-refractivity contribution >= 4 is 29.3 Å². The largest absolute Gasteiger partial charge is 0.496 e. The van der Waals surface area contributed by atoms with Gasteiger partial charge in [-0.3, -0.25) is 4.99 Å². The number of fused-ring (bicyclic) bond motifs is 1. The van der Waals surface area contributed by atoms with E-state index in [0.717, 1.165) is 24.3 Å². The van der Waals surface area contributed by atoms with E-state index in [-0.39, 0.29) is 18.4 Å². The molecule has 0 unspecified atom stereocenters. The van der Waals surface area contributed by atoms with Crippen LogP contribution in [0, 0.1) is 0 Å². The number of aliphatic imine (C=N–C) groups is 1. The summed E-state index contributed by atoms with van der Waals surface area (Å²) in [5.41, 5.74) is 14.4. The van der Waals surface area contributed by atoms with E-state index in [1.54, 1.807) is 7.11 Å². The molecule has 0 aliphatic heterocycles. The molecule has 2 aromatic carbocycles. The number of benzene rings is 2. The van der Waals surface area contributed by atoms with E-state index in [9.17, 15) is 0 Å². The van der Waals surface area contributed by atoms with Gasteiger partial charge in [-0.25, -0.2) is 0 Å². The zero-order chi connectivity index (χ0) is 16.9. The number of halogens is 1. The fourth-order valence-electron chi connectivity index (χ4n) is 2.98. The Morgan fingerprint density at radius 3 is 2.52 bits per heavy atom. The van der Waals surface area contributed by atoms with Gasteiger partial charge in [0.25, 0.3) is 0 Å². The zero-order valence-electron chi connectivity index (χ0n) is 14.2. The SMILES string of the molecule is COc1ccccc1Cn1cc(CCN=C(N)N)c2ccccc21.Cl. The van der Waals surface area contributed by atoms with Crippen LogP contribution in [-0.4, -0.2) is 24.2 Å². The molecule has 0 bridgehead atoms. The van der Waals surface area contributed by atoms with Crippen molar-refractivity contribution in [1.82, 2.24) is 4.57 Å². The summed E-state index contributed by atoms with van der Waals surface area (Å²) in [5.74, 6) is 1.03. The molecule has 25 heavy (non-hydrogen) atoms. The minimum atomic E-state index is 0. The molecule has 3 rings (SSSR count). The maximum atomic E-state index is 5.47. The first-order chi connectivity index (χ1) is 11.7. The standard InChI is InChI=1S/C19H22N4O.ClH/c1-24-18-9-5-2-6-15(18)13-23-12-14(10-11-22-19(20)21)16-7-3-4-8-17(16)23;/h2-9,12H,10-11,13H2,1H3,(H4,20,21,22);1H. The van der Waals surface area contributed by atoms with Crippen molar-refractivity contribution in [1.29, 1.82) is 0 Å².